The van der Waals surface area contributed by atoms with E-state index in [9.17, 15) is 24.3 Å². The van der Waals surface area contributed by atoms with Gasteiger partial charge in [-0.1, -0.05) is 36.8 Å². The predicted octanol–water partition coefficient (Wildman–Crippen LogP) is 4.99. The number of ketones is 2. The largest absolute Gasteiger partial charge is 0.504 e. The highest BCUT2D eigenvalue weighted by Gasteiger charge is 2.56. The molecule has 1 saturated heterocycles. The number of carbonyl (C=O) groups is 4. The Morgan fingerprint density at radius 1 is 0.975 bits per heavy atom. The van der Waals surface area contributed by atoms with Crippen molar-refractivity contribution >= 4 is 29.1 Å². The van der Waals surface area contributed by atoms with Crippen LogP contribution in [0.4, 0.5) is 5.69 Å². The van der Waals surface area contributed by atoms with Crippen molar-refractivity contribution in [1.29, 1.82) is 0 Å². The summed E-state index contributed by atoms with van der Waals surface area (Å²) in [6, 6.07) is 12.4. The van der Waals surface area contributed by atoms with Crippen LogP contribution in [0, 0.1) is 17.8 Å². The van der Waals surface area contributed by atoms with Crippen LogP contribution in [0.5, 0.6) is 11.5 Å². The number of rotatable bonds is 5. The van der Waals surface area contributed by atoms with Gasteiger partial charge in [-0.15, -0.1) is 0 Å². The predicted molar refractivity (Wildman–Crippen MR) is 149 cm³/mol. The number of phenols is 1. The van der Waals surface area contributed by atoms with E-state index in [4.69, 9.17) is 4.74 Å². The summed E-state index contributed by atoms with van der Waals surface area (Å²) in [5, 5.41) is 10.3. The third-order valence-corrected chi connectivity index (χ3v) is 8.78. The van der Waals surface area contributed by atoms with Crippen molar-refractivity contribution < 1.29 is 29.0 Å². The van der Waals surface area contributed by atoms with Gasteiger partial charge in [-0.25, -0.2) is 0 Å². The van der Waals surface area contributed by atoms with Crippen molar-refractivity contribution in [1.82, 2.24) is 0 Å². The Bertz CT molecular complexity index is 1560. The first kappa shape index (κ1) is 26.0. The normalized spacial score (nSPS) is 25.8. The Labute approximate surface area is 232 Å². The summed E-state index contributed by atoms with van der Waals surface area (Å²) in [5.41, 5.74) is 4.42. The van der Waals surface area contributed by atoms with Crippen LogP contribution in [0.1, 0.15) is 50.7 Å². The van der Waals surface area contributed by atoms with E-state index >= 15 is 0 Å². The van der Waals surface area contributed by atoms with Gasteiger partial charge in [0.25, 0.3) is 0 Å². The van der Waals surface area contributed by atoms with Crippen LogP contribution in [0.25, 0.3) is 0 Å². The summed E-state index contributed by atoms with van der Waals surface area (Å²) in [6.07, 6.45) is 4.83. The molecule has 7 nitrogen and oxygen atoms in total. The SMILES string of the molecule is CCOc1cc(C2C3=CCC4C(=O)N(c5ccc(CC)cc5)C(=O)C4C3CC3=C2C(=O)C=C(C)C3=O)ccc1O. The molecule has 0 bridgehead atoms. The molecule has 0 aromatic heterocycles. The molecule has 3 aliphatic carbocycles. The lowest BCUT2D eigenvalue weighted by Gasteiger charge is -2.42. The summed E-state index contributed by atoms with van der Waals surface area (Å²) in [4.78, 5) is 55.8. The van der Waals surface area contributed by atoms with Gasteiger partial charge in [-0.2, -0.15) is 0 Å². The number of ether oxygens (including phenoxy) is 1. The standard InChI is InChI=1S/C33H31NO6/c1-4-18-6-9-20(10-7-18)34-32(38)22-12-11-21-23(29(22)33(34)39)16-24-30(26(36)14-17(3)31(24)37)28(21)19-8-13-25(35)27(15-19)40-5-2/h6-11,13-15,22-23,28-29,35H,4-5,12,16H2,1-3H3. The van der Waals surface area contributed by atoms with Crippen molar-refractivity contribution in [2.24, 2.45) is 17.8 Å². The van der Waals surface area contributed by atoms with Crippen molar-refractivity contribution in [2.75, 3.05) is 11.5 Å². The van der Waals surface area contributed by atoms with E-state index in [1.165, 1.54) is 17.0 Å². The maximum absolute atomic E-state index is 14.0. The molecule has 204 valence electrons. The topological polar surface area (TPSA) is 101 Å². The van der Waals surface area contributed by atoms with Crippen LogP contribution in [0.2, 0.25) is 0 Å². The molecule has 1 fully saturated rings. The van der Waals surface area contributed by atoms with E-state index in [2.05, 4.69) is 0 Å². The summed E-state index contributed by atoms with van der Waals surface area (Å²) >= 11 is 0. The highest BCUT2D eigenvalue weighted by Crippen LogP contribution is 2.55. The molecule has 7 heteroatoms. The fraction of sp³-hybridized carbons (Fsp3) is 0.333. The molecule has 6 rings (SSSR count). The molecule has 1 N–H and O–H groups in total. The molecule has 4 aliphatic rings. The average Bonchev–Trinajstić information content (AvgIpc) is 3.21. The molecule has 2 amide bonds. The maximum Gasteiger partial charge on any atom is 0.238 e. The molecule has 0 saturated carbocycles. The molecule has 2 aromatic carbocycles. The Balaban J connectivity index is 1.47. The molecule has 4 atom stereocenters. The van der Waals surface area contributed by atoms with Gasteiger partial charge in [0.2, 0.25) is 11.8 Å². The second-order valence-electron chi connectivity index (χ2n) is 10.9. The number of carbonyl (C=O) groups excluding carboxylic acids is 4. The summed E-state index contributed by atoms with van der Waals surface area (Å²) in [5.74, 6) is -2.81. The minimum atomic E-state index is -0.632. The fourth-order valence-corrected chi connectivity index (χ4v) is 6.88. The van der Waals surface area contributed by atoms with E-state index in [1.807, 2.05) is 44.2 Å². The zero-order valence-corrected chi connectivity index (χ0v) is 22.8. The molecule has 40 heavy (non-hydrogen) atoms. The number of Topliss-reactive ketones (excluding diaryl/α,β-unsaturated/α-hetero) is 1. The van der Waals surface area contributed by atoms with Crippen molar-refractivity contribution in [3.05, 3.63) is 88.0 Å². The minimum absolute atomic E-state index is 0.0204. The highest BCUT2D eigenvalue weighted by molar-refractivity contribution is 6.25. The number of anilines is 1. The van der Waals surface area contributed by atoms with Crippen LogP contribution < -0.4 is 9.64 Å². The lowest BCUT2D eigenvalue weighted by molar-refractivity contribution is -0.123. The van der Waals surface area contributed by atoms with E-state index in [0.717, 1.165) is 17.6 Å². The Hall–Kier alpha value is -4.26. The summed E-state index contributed by atoms with van der Waals surface area (Å²) in [6.45, 7) is 5.84. The van der Waals surface area contributed by atoms with E-state index in [-0.39, 0.29) is 41.3 Å². The van der Waals surface area contributed by atoms with Crippen LogP contribution in [0.3, 0.4) is 0 Å². The number of benzene rings is 2. The number of hydrogen-bond acceptors (Lipinski definition) is 6. The number of imide groups is 1. The fourth-order valence-electron chi connectivity index (χ4n) is 6.88. The lowest BCUT2D eigenvalue weighted by Crippen LogP contribution is -2.39. The quantitative estimate of drug-likeness (QED) is 0.328. The minimum Gasteiger partial charge on any atom is -0.504 e. The Morgan fingerprint density at radius 3 is 2.42 bits per heavy atom. The second kappa shape index (κ2) is 9.73. The second-order valence-corrected chi connectivity index (χ2v) is 10.9. The molecular weight excluding hydrogens is 506 g/mol. The number of amides is 2. The van der Waals surface area contributed by atoms with E-state index in [0.29, 0.717) is 41.0 Å². The number of nitrogens with zero attached hydrogens (tertiary/aromatic N) is 1. The Kier molecular flexibility index (Phi) is 6.32. The first-order valence-corrected chi connectivity index (χ1v) is 13.9. The monoisotopic (exact) mass is 537 g/mol. The van der Waals surface area contributed by atoms with Gasteiger partial charge in [0.15, 0.2) is 23.1 Å². The van der Waals surface area contributed by atoms with Crippen LogP contribution in [-0.4, -0.2) is 35.1 Å². The third kappa shape index (κ3) is 3.86. The van der Waals surface area contributed by atoms with Gasteiger partial charge in [0.05, 0.1) is 24.1 Å². The van der Waals surface area contributed by atoms with Crippen LogP contribution in [-0.2, 0) is 25.6 Å². The number of fused-ring (bicyclic) bond motifs is 3. The lowest BCUT2D eigenvalue weighted by atomic mass is 9.59. The summed E-state index contributed by atoms with van der Waals surface area (Å²) in [7, 11) is 0. The van der Waals surface area contributed by atoms with Gasteiger partial charge in [-0.3, -0.25) is 24.1 Å². The van der Waals surface area contributed by atoms with Crippen molar-refractivity contribution in [2.45, 2.75) is 46.0 Å². The van der Waals surface area contributed by atoms with Gasteiger partial charge in [0, 0.05) is 22.6 Å². The van der Waals surface area contributed by atoms with Gasteiger partial charge in [-0.05, 0) is 80.5 Å². The van der Waals surface area contributed by atoms with Crippen molar-refractivity contribution in [3.63, 3.8) is 0 Å². The summed E-state index contributed by atoms with van der Waals surface area (Å²) < 4.78 is 5.63. The number of hydrogen-bond donors (Lipinski definition) is 1. The first-order chi connectivity index (χ1) is 19.2. The molecule has 0 spiro atoms. The van der Waals surface area contributed by atoms with Gasteiger partial charge >= 0.3 is 0 Å². The van der Waals surface area contributed by atoms with Crippen LogP contribution >= 0.6 is 0 Å². The smallest absolute Gasteiger partial charge is 0.238 e. The number of aromatic hydroxyl groups is 1. The number of allylic oxidation sites excluding steroid dienone is 6. The zero-order valence-electron chi connectivity index (χ0n) is 22.8. The maximum atomic E-state index is 14.0. The molecule has 4 unspecified atom stereocenters. The molecular formula is C33H31NO6. The van der Waals surface area contributed by atoms with E-state index in [1.54, 1.807) is 19.1 Å². The highest BCUT2D eigenvalue weighted by atomic mass is 16.5. The Morgan fingerprint density at radius 2 is 1.73 bits per heavy atom. The number of phenolic OH excluding ortho intramolecular Hbond substituents is 1. The average molecular weight is 538 g/mol. The van der Waals surface area contributed by atoms with E-state index < -0.39 is 23.7 Å². The van der Waals surface area contributed by atoms with Crippen LogP contribution in [0.15, 0.2) is 76.9 Å². The molecule has 0 radical (unpaired) electrons. The number of aryl methyl sites for hydroxylation is 1. The molecule has 1 aliphatic heterocycles. The molecule has 1 heterocycles. The van der Waals surface area contributed by atoms with Gasteiger partial charge < -0.3 is 9.84 Å². The van der Waals surface area contributed by atoms with Crippen molar-refractivity contribution in [3.8, 4) is 11.5 Å². The molecule has 2 aromatic rings. The van der Waals surface area contributed by atoms with Gasteiger partial charge in [0.1, 0.15) is 0 Å². The third-order valence-electron chi connectivity index (χ3n) is 8.78. The first-order valence-electron chi connectivity index (χ1n) is 13.9. The zero-order chi connectivity index (χ0) is 28.3.